The molecule has 1 rings (SSSR count). The summed E-state index contributed by atoms with van der Waals surface area (Å²) in [5, 5.41) is 0. The van der Waals surface area contributed by atoms with Gasteiger partial charge >= 0.3 is 0 Å². The highest BCUT2D eigenvalue weighted by Crippen LogP contribution is 2.08. The zero-order valence-electron chi connectivity index (χ0n) is 13.2. The number of nitrogens with zero attached hydrogens (tertiary/aromatic N) is 2. The fraction of sp³-hybridized carbons (Fsp3) is 1.00. The van der Waals surface area contributed by atoms with Crippen LogP contribution < -0.4 is 5.73 Å². The molecule has 19 heavy (non-hydrogen) atoms. The standard InChI is InChI=1S/C15H33N3O/c1-15(2,3)19-14-13-18-11-9-17(10-12-18)8-6-4-5-7-16/h4-14,16H2,1-3H3. The summed E-state index contributed by atoms with van der Waals surface area (Å²) in [6, 6.07) is 0. The second-order valence-electron chi connectivity index (χ2n) is 6.49. The fourth-order valence-electron chi connectivity index (χ4n) is 2.37. The van der Waals surface area contributed by atoms with Crippen molar-refractivity contribution in [3.05, 3.63) is 0 Å². The normalized spacial score (nSPS) is 18.9. The molecule has 0 aliphatic carbocycles. The number of hydrogen-bond donors (Lipinski definition) is 1. The second-order valence-corrected chi connectivity index (χ2v) is 6.49. The number of piperazine rings is 1. The SMILES string of the molecule is CC(C)(C)OCCN1CCN(CCCCCN)CC1. The van der Waals surface area contributed by atoms with E-state index >= 15 is 0 Å². The summed E-state index contributed by atoms with van der Waals surface area (Å²) in [6.45, 7) is 15.1. The summed E-state index contributed by atoms with van der Waals surface area (Å²) in [6.07, 6.45) is 3.74. The van der Waals surface area contributed by atoms with Crippen molar-refractivity contribution >= 4 is 0 Å². The van der Waals surface area contributed by atoms with Crippen LogP contribution in [0.2, 0.25) is 0 Å². The lowest BCUT2D eigenvalue weighted by Crippen LogP contribution is -2.47. The predicted molar refractivity (Wildman–Crippen MR) is 81.5 cm³/mol. The Morgan fingerprint density at radius 3 is 2.00 bits per heavy atom. The Balaban J connectivity index is 2.02. The van der Waals surface area contributed by atoms with Gasteiger partial charge in [-0.05, 0) is 46.7 Å². The van der Waals surface area contributed by atoms with Gasteiger partial charge in [0.25, 0.3) is 0 Å². The number of unbranched alkanes of at least 4 members (excludes halogenated alkanes) is 2. The van der Waals surface area contributed by atoms with Crippen LogP contribution in [0.5, 0.6) is 0 Å². The molecule has 0 radical (unpaired) electrons. The summed E-state index contributed by atoms with van der Waals surface area (Å²) in [4.78, 5) is 5.10. The molecule has 0 spiro atoms. The average molecular weight is 271 g/mol. The Kier molecular flexibility index (Phi) is 7.91. The minimum Gasteiger partial charge on any atom is -0.375 e. The first kappa shape index (κ1) is 16.9. The zero-order valence-corrected chi connectivity index (χ0v) is 13.2. The van der Waals surface area contributed by atoms with Crippen LogP contribution in [-0.2, 0) is 4.74 Å². The van der Waals surface area contributed by atoms with E-state index in [1.165, 1.54) is 52.0 Å². The lowest BCUT2D eigenvalue weighted by molar-refractivity contribution is -0.0178. The largest absolute Gasteiger partial charge is 0.375 e. The van der Waals surface area contributed by atoms with Crippen LogP contribution in [0.25, 0.3) is 0 Å². The van der Waals surface area contributed by atoms with Gasteiger partial charge in [-0.1, -0.05) is 6.42 Å². The highest BCUT2D eigenvalue weighted by Gasteiger charge is 2.17. The van der Waals surface area contributed by atoms with E-state index in [0.29, 0.717) is 0 Å². The number of rotatable bonds is 8. The molecule has 4 nitrogen and oxygen atoms in total. The third-order valence-electron chi connectivity index (χ3n) is 3.59. The van der Waals surface area contributed by atoms with Gasteiger partial charge in [0.1, 0.15) is 0 Å². The van der Waals surface area contributed by atoms with Gasteiger partial charge in [-0.25, -0.2) is 0 Å². The summed E-state index contributed by atoms with van der Waals surface area (Å²) in [7, 11) is 0. The average Bonchev–Trinajstić information content (AvgIpc) is 2.35. The van der Waals surface area contributed by atoms with Crippen molar-refractivity contribution in [3.63, 3.8) is 0 Å². The quantitative estimate of drug-likeness (QED) is 0.680. The Bertz CT molecular complexity index is 220. The number of hydrogen-bond acceptors (Lipinski definition) is 4. The Morgan fingerprint density at radius 1 is 0.895 bits per heavy atom. The Morgan fingerprint density at radius 2 is 1.47 bits per heavy atom. The van der Waals surface area contributed by atoms with E-state index in [9.17, 15) is 0 Å². The van der Waals surface area contributed by atoms with Crippen LogP contribution in [0.3, 0.4) is 0 Å². The Labute approximate surface area is 119 Å². The van der Waals surface area contributed by atoms with Gasteiger partial charge in [0.2, 0.25) is 0 Å². The molecule has 1 heterocycles. The molecule has 2 N–H and O–H groups in total. The van der Waals surface area contributed by atoms with Crippen molar-refractivity contribution in [3.8, 4) is 0 Å². The summed E-state index contributed by atoms with van der Waals surface area (Å²) < 4.78 is 5.78. The molecule has 0 bridgehead atoms. The molecule has 1 aliphatic rings. The van der Waals surface area contributed by atoms with Crippen LogP contribution >= 0.6 is 0 Å². The third-order valence-corrected chi connectivity index (χ3v) is 3.59. The number of ether oxygens (including phenoxy) is 1. The van der Waals surface area contributed by atoms with Gasteiger partial charge < -0.3 is 15.4 Å². The van der Waals surface area contributed by atoms with Crippen molar-refractivity contribution in [2.75, 3.05) is 52.4 Å². The lowest BCUT2D eigenvalue weighted by atomic mass is 10.2. The zero-order chi connectivity index (χ0) is 14.1. The minimum absolute atomic E-state index is 0.00911. The van der Waals surface area contributed by atoms with Crippen molar-refractivity contribution in [1.82, 2.24) is 9.80 Å². The van der Waals surface area contributed by atoms with Crippen molar-refractivity contribution in [2.45, 2.75) is 45.6 Å². The minimum atomic E-state index is -0.00911. The first-order chi connectivity index (χ1) is 9.01. The Hall–Kier alpha value is -0.160. The van der Waals surface area contributed by atoms with Crippen LogP contribution in [0.1, 0.15) is 40.0 Å². The maximum atomic E-state index is 5.78. The van der Waals surface area contributed by atoms with E-state index in [4.69, 9.17) is 10.5 Å². The molecule has 0 unspecified atom stereocenters. The van der Waals surface area contributed by atoms with Crippen LogP contribution in [0.4, 0.5) is 0 Å². The van der Waals surface area contributed by atoms with Crippen LogP contribution in [-0.4, -0.2) is 67.8 Å². The predicted octanol–water partition coefficient (Wildman–Crippen LogP) is 1.55. The van der Waals surface area contributed by atoms with E-state index in [1.54, 1.807) is 0 Å². The summed E-state index contributed by atoms with van der Waals surface area (Å²) in [5.74, 6) is 0. The molecule has 1 aliphatic heterocycles. The van der Waals surface area contributed by atoms with Gasteiger partial charge in [-0.15, -0.1) is 0 Å². The highest BCUT2D eigenvalue weighted by molar-refractivity contribution is 4.72. The molecular weight excluding hydrogens is 238 g/mol. The van der Waals surface area contributed by atoms with Crippen molar-refractivity contribution in [1.29, 1.82) is 0 Å². The molecule has 0 atom stereocenters. The topological polar surface area (TPSA) is 41.7 Å². The molecule has 0 amide bonds. The van der Waals surface area contributed by atoms with Crippen LogP contribution in [0, 0.1) is 0 Å². The lowest BCUT2D eigenvalue weighted by Gasteiger charge is -2.35. The van der Waals surface area contributed by atoms with Gasteiger partial charge in [-0.3, -0.25) is 4.90 Å². The smallest absolute Gasteiger partial charge is 0.0600 e. The fourth-order valence-corrected chi connectivity index (χ4v) is 2.37. The highest BCUT2D eigenvalue weighted by atomic mass is 16.5. The van der Waals surface area contributed by atoms with Crippen molar-refractivity contribution in [2.24, 2.45) is 5.73 Å². The molecule has 0 saturated carbocycles. The number of nitrogens with two attached hydrogens (primary N) is 1. The first-order valence-corrected chi connectivity index (χ1v) is 7.80. The second kappa shape index (κ2) is 8.90. The van der Waals surface area contributed by atoms with Gasteiger partial charge in [0.15, 0.2) is 0 Å². The van der Waals surface area contributed by atoms with E-state index in [-0.39, 0.29) is 5.60 Å². The molecule has 4 heteroatoms. The molecule has 114 valence electrons. The molecule has 0 aromatic heterocycles. The molecule has 1 fully saturated rings. The maximum absolute atomic E-state index is 5.78. The monoisotopic (exact) mass is 271 g/mol. The molecule has 0 aromatic carbocycles. The first-order valence-electron chi connectivity index (χ1n) is 7.80. The van der Waals surface area contributed by atoms with E-state index < -0.39 is 0 Å². The van der Waals surface area contributed by atoms with Gasteiger partial charge in [0.05, 0.1) is 12.2 Å². The maximum Gasteiger partial charge on any atom is 0.0600 e. The van der Waals surface area contributed by atoms with Gasteiger partial charge in [-0.2, -0.15) is 0 Å². The van der Waals surface area contributed by atoms with E-state index in [2.05, 4.69) is 30.6 Å². The molecule has 1 saturated heterocycles. The van der Waals surface area contributed by atoms with E-state index in [1.807, 2.05) is 0 Å². The van der Waals surface area contributed by atoms with E-state index in [0.717, 1.165) is 19.7 Å². The summed E-state index contributed by atoms with van der Waals surface area (Å²) >= 11 is 0. The molecular formula is C15H33N3O. The summed E-state index contributed by atoms with van der Waals surface area (Å²) in [5.41, 5.74) is 5.50. The molecule has 0 aromatic rings. The van der Waals surface area contributed by atoms with Gasteiger partial charge in [0, 0.05) is 32.7 Å². The van der Waals surface area contributed by atoms with Crippen molar-refractivity contribution < 1.29 is 4.74 Å². The third kappa shape index (κ3) is 8.58. The van der Waals surface area contributed by atoms with Crippen LogP contribution in [0.15, 0.2) is 0 Å².